The molecule has 0 unspecified atom stereocenters. The molecule has 0 aliphatic carbocycles. The van der Waals surface area contributed by atoms with Crippen LogP contribution in [0.2, 0.25) is 0 Å². The Morgan fingerprint density at radius 2 is 2.12 bits per heavy atom. The number of hydrogen-bond donors (Lipinski definition) is 0. The normalized spacial score (nSPS) is 11.5. The van der Waals surface area contributed by atoms with Crippen LogP contribution < -0.4 is 0 Å². The molecule has 17 heavy (non-hydrogen) atoms. The molecule has 5 heteroatoms. The average Bonchev–Trinajstić information content (AvgIpc) is 2.83. The van der Waals surface area contributed by atoms with Gasteiger partial charge in [0.15, 0.2) is 0 Å². The molecule has 0 aliphatic heterocycles. The highest BCUT2D eigenvalue weighted by atomic mass is 16.6. The van der Waals surface area contributed by atoms with E-state index in [1.165, 1.54) is 13.0 Å². The molecule has 0 aliphatic rings. The molecule has 1 aromatic heterocycles. The maximum Gasteiger partial charge on any atom is 0.243 e. The minimum absolute atomic E-state index is 0.122. The van der Waals surface area contributed by atoms with Gasteiger partial charge in [-0.05, 0) is 23.8 Å². The highest BCUT2D eigenvalue weighted by molar-refractivity contribution is 5.52. The molecule has 0 radical (unpaired) electrons. The summed E-state index contributed by atoms with van der Waals surface area (Å²) >= 11 is 0. The maximum atomic E-state index is 10.5. The number of hydrogen-bond acceptors (Lipinski definition) is 3. The van der Waals surface area contributed by atoms with Gasteiger partial charge in [0.25, 0.3) is 0 Å². The van der Waals surface area contributed by atoms with Crippen LogP contribution in [0.15, 0.2) is 48.4 Å². The standard InChI is InChI=1S/C12H11N3O2/c1-10(15(16)17)9-11-3-5-12(6-4-11)14-8-2-7-13-14/h2-9H,1H3. The van der Waals surface area contributed by atoms with E-state index in [-0.39, 0.29) is 5.70 Å². The topological polar surface area (TPSA) is 61.0 Å². The highest BCUT2D eigenvalue weighted by Crippen LogP contribution is 2.11. The van der Waals surface area contributed by atoms with Gasteiger partial charge in [0, 0.05) is 25.4 Å². The summed E-state index contributed by atoms with van der Waals surface area (Å²) in [6.45, 7) is 1.47. The SMILES string of the molecule is CC(=Cc1ccc(-n2cccn2)cc1)[N+](=O)[O-]. The van der Waals surface area contributed by atoms with Gasteiger partial charge >= 0.3 is 0 Å². The fourth-order valence-corrected chi connectivity index (χ4v) is 1.44. The number of rotatable bonds is 3. The van der Waals surface area contributed by atoms with Crippen LogP contribution in [0, 0.1) is 10.1 Å². The zero-order valence-electron chi connectivity index (χ0n) is 9.28. The summed E-state index contributed by atoms with van der Waals surface area (Å²) in [5.74, 6) is 0. The van der Waals surface area contributed by atoms with Crippen molar-refractivity contribution in [3.05, 3.63) is 64.1 Å². The van der Waals surface area contributed by atoms with Gasteiger partial charge in [-0.2, -0.15) is 5.10 Å². The van der Waals surface area contributed by atoms with Crippen molar-refractivity contribution in [3.63, 3.8) is 0 Å². The van der Waals surface area contributed by atoms with E-state index in [1.54, 1.807) is 10.9 Å². The lowest BCUT2D eigenvalue weighted by Gasteiger charge is -2.01. The molecule has 0 spiro atoms. The van der Waals surface area contributed by atoms with E-state index in [4.69, 9.17) is 0 Å². The monoisotopic (exact) mass is 229 g/mol. The molecule has 1 aromatic carbocycles. The second-order valence-corrected chi connectivity index (χ2v) is 3.58. The molecule has 0 amide bonds. The zero-order valence-corrected chi connectivity index (χ0v) is 9.28. The summed E-state index contributed by atoms with van der Waals surface area (Å²) in [4.78, 5) is 10.1. The summed E-state index contributed by atoms with van der Waals surface area (Å²) in [5, 5.41) is 14.6. The molecule has 1 heterocycles. The quantitative estimate of drug-likeness (QED) is 0.600. The maximum absolute atomic E-state index is 10.5. The first-order valence-corrected chi connectivity index (χ1v) is 5.09. The predicted molar refractivity (Wildman–Crippen MR) is 64.2 cm³/mol. The molecule has 0 N–H and O–H groups in total. The van der Waals surface area contributed by atoms with Crippen molar-refractivity contribution in [2.24, 2.45) is 0 Å². The Bertz CT molecular complexity index is 542. The van der Waals surface area contributed by atoms with Crippen LogP contribution in [-0.4, -0.2) is 14.7 Å². The van der Waals surface area contributed by atoms with Crippen molar-refractivity contribution in [1.82, 2.24) is 9.78 Å². The van der Waals surface area contributed by atoms with Crippen LogP contribution in [0.5, 0.6) is 0 Å². The van der Waals surface area contributed by atoms with Crippen LogP contribution in [0.1, 0.15) is 12.5 Å². The van der Waals surface area contributed by atoms with Crippen molar-refractivity contribution in [3.8, 4) is 5.69 Å². The van der Waals surface area contributed by atoms with Crippen molar-refractivity contribution < 1.29 is 4.92 Å². The van der Waals surface area contributed by atoms with Crippen LogP contribution >= 0.6 is 0 Å². The Balaban J connectivity index is 2.25. The number of benzene rings is 1. The van der Waals surface area contributed by atoms with Crippen LogP contribution in [0.4, 0.5) is 0 Å². The van der Waals surface area contributed by atoms with E-state index in [2.05, 4.69) is 5.10 Å². The lowest BCUT2D eigenvalue weighted by molar-refractivity contribution is -0.422. The van der Waals surface area contributed by atoms with Crippen molar-refractivity contribution in [2.45, 2.75) is 6.92 Å². The number of nitrogens with zero attached hydrogens (tertiary/aromatic N) is 3. The first-order chi connectivity index (χ1) is 8.16. The summed E-state index contributed by atoms with van der Waals surface area (Å²) in [5.41, 5.74) is 1.85. The molecular formula is C12H11N3O2. The van der Waals surface area contributed by atoms with Gasteiger partial charge in [-0.3, -0.25) is 10.1 Å². The predicted octanol–water partition coefficient (Wildman–Crippen LogP) is 2.51. The van der Waals surface area contributed by atoms with Crippen molar-refractivity contribution in [1.29, 1.82) is 0 Å². The lowest BCUT2D eigenvalue weighted by Crippen LogP contribution is -1.95. The smallest absolute Gasteiger partial charge is 0.243 e. The lowest BCUT2D eigenvalue weighted by atomic mass is 10.2. The largest absolute Gasteiger partial charge is 0.259 e. The molecule has 2 aromatic rings. The zero-order chi connectivity index (χ0) is 12.3. The van der Waals surface area contributed by atoms with Crippen LogP contribution in [0.25, 0.3) is 11.8 Å². The molecule has 0 saturated carbocycles. The van der Waals surface area contributed by atoms with Gasteiger partial charge in [-0.15, -0.1) is 0 Å². The van der Waals surface area contributed by atoms with E-state index < -0.39 is 4.92 Å². The van der Waals surface area contributed by atoms with Gasteiger partial charge in [-0.25, -0.2) is 4.68 Å². The first kappa shape index (κ1) is 11.1. The van der Waals surface area contributed by atoms with Gasteiger partial charge < -0.3 is 0 Å². The third kappa shape index (κ3) is 2.57. The molecular weight excluding hydrogens is 218 g/mol. The second kappa shape index (κ2) is 4.61. The number of aromatic nitrogens is 2. The van der Waals surface area contributed by atoms with E-state index in [1.807, 2.05) is 36.5 Å². The minimum atomic E-state index is -0.401. The molecule has 2 rings (SSSR count). The summed E-state index contributed by atoms with van der Waals surface area (Å²) < 4.78 is 1.73. The fourth-order valence-electron chi connectivity index (χ4n) is 1.44. The fraction of sp³-hybridized carbons (Fsp3) is 0.0833. The molecule has 86 valence electrons. The molecule has 0 atom stereocenters. The van der Waals surface area contributed by atoms with Gasteiger partial charge in [0.2, 0.25) is 5.70 Å². The Morgan fingerprint density at radius 1 is 1.41 bits per heavy atom. The average molecular weight is 229 g/mol. The molecule has 0 saturated heterocycles. The van der Waals surface area contributed by atoms with Crippen molar-refractivity contribution in [2.75, 3.05) is 0 Å². The van der Waals surface area contributed by atoms with Crippen LogP contribution in [0.3, 0.4) is 0 Å². The number of allylic oxidation sites excluding steroid dienone is 1. The van der Waals surface area contributed by atoms with E-state index in [9.17, 15) is 10.1 Å². The molecule has 0 fully saturated rings. The number of nitro groups is 1. The van der Waals surface area contributed by atoms with E-state index in [0.29, 0.717) is 0 Å². The van der Waals surface area contributed by atoms with Crippen LogP contribution in [-0.2, 0) is 0 Å². The first-order valence-electron chi connectivity index (χ1n) is 5.09. The Morgan fingerprint density at radius 3 is 2.65 bits per heavy atom. The molecule has 5 nitrogen and oxygen atoms in total. The Hall–Kier alpha value is -2.43. The Kier molecular flexibility index (Phi) is 3.00. The van der Waals surface area contributed by atoms with E-state index in [0.717, 1.165) is 11.3 Å². The summed E-state index contributed by atoms with van der Waals surface area (Å²) in [7, 11) is 0. The van der Waals surface area contributed by atoms with E-state index >= 15 is 0 Å². The van der Waals surface area contributed by atoms with Gasteiger partial charge in [-0.1, -0.05) is 12.1 Å². The van der Waals surface area contributed by atoms with Gasteiger partial charge in [0.05, 0.1) is 10.6 Å². The second-order valence-electron chi connectivity index (χ2n) is 3.58. The Labute approximate surface area is 98.2 Å². The third-order valence-electron chi connectivity index (χ3n) is 2.33. The molecule has 0 bridgehead atoms. The third-order valence-corrected chi connectivity index (χ3v) is 2.33. The summed E-state index contributed by atoms with van der Waals surface area (Å²) in [6.07, 6.45) is 5.07. The van der Waals surface area contributed by atoms with Gasteiger partial charge in [0.1, 0.15) is 0 Å². The summed E-state index contributed by atoms with van der Waals surface area (Å²) in [6, 6.07) is 9.22. The minimum Gasteiger partial charge on any atom is -0.259 e. The van der Waals surface area contributed by atoms with Crippen molar-refractivity contribution >= 4 is 6.08 Å². The highest BCUT2D eigenvalue weighted by Gasteiger charge is 2.02.